The Labute approximate surface area is 83.2 Å². The van der Waals surface area contributed by atoms with E-state index in [2.05, 4.69) is 4.98 Å². The van der Waals surface area contributed by atoms with Gasteiger partial charge >= 0.3 is 0 Å². The number of halogens is 2. The Morgan fingerprint density at radius 2 is 1.93 bits per heavy atom. The van der Waals surface area contributed by atoms with Gasteiger partial charge in [-0.15, -0.1) is 0 Å². The summed E-state index contributed by atoms with van der Waals surface area (Å²) in [5, 5.41) is 0. The van der Waals surface area contributed by atoms with Crippen molar-refractivity contribution in [1.82, 2.24) is 4.98 Å². The summed E-state index contributed by atoms with van der Waals surface area (Å²) in [6.07, 6.45) is 1.82. The number of rotatable bonds is 3. The van der Waals surface area contributed by atoms with E-state index in [-0.39, 0.29) is 5.41 Å². The predicted molar refractivity (Wildman–Crippen MR) is 52.1 cm³/mol. The number of hydrogen-bond acceptors (Lipinski definition) is 1. The fourth-order valence-corrected chi connectivity index (χ4v) is 1.68. The van der Waals surface area contributed by atoms with Crippen molar-refractivity contribution < 1.29 is 8.78 Å². The molecule has 0 aromatic carbocycles. The number of hydrogen-bond donors (Lipinski definition) is 0. The highest BCUT2D eigenvalue weighted by molar-refractivity contribution is 5.21. The smallest absolute Gasteiger partial charge is 0.190 e. The maximum absolute atomic E-state index is 13.3. The van der Waals surface area contributed by atoms with Crippen molar-refractivity contribution in [3.8, 4) is 0 Å². The quantitative estimate of drug-likeness (QED) is 0.679. The highest BCUT2D eigenvalue weighted by atomic mass is 19.1. The molecule has 78 valence electrons. The number of pyridine rings is 1. The Bertz CT molecular complexity index is 321. The summed E-state index contributed by atoms with van der Waals surface area (Å²) in [4.78, 5) is 3.19. The molecule has 0 saturated carbocycles. The summed E-state index contributed by atoms with van der Waals surface area (Å²) < 4.78 is 25.9. The minimum absolute atomic E-state index is 0.278. The monoisotopic (exact) mass is 199 g/mol. The van der Waals surface area contributed by atoms with Crippen molar-refractivity contribution in [3.05, 3.63) is 29.6 Å². The summed E-state index contributed by atoms with van der Waals surface area (Å²) in [7, 11) is 0. The third-order valence-corrected chi connectivity index (χ3v) is 2.42. The van der Waals surface area contributed by atoms with Gasteiger partial charge in [-0.05, 0) is 24.0 Å². The SMILES string of the molecule is CCCC(C)(C)c1ccc(F)nc1F. The Morgan fingerprint density at radius 1 is 1.29 bits per heavy atom. The molecule has 1 nitrogen and oxygen atoms in total. The molecule has 0 aliphatic carbocycles. The first kappa shape index (κ1) is 11.1. The van der Waals surface area contributed by atoms with Gasteiger partial charge in [0.05, 0.1) is 0 Å². The molecule has 0 aliphatic rings. The average Bonchev–Trinajstić information content (AvgIpc) is 2.02. The van der Waals surface area contributed by atoms with E-state index >= 15 is 0 Å². The molecule has 0 aliphatic heterocycles. The number of nitrogens with zero attached hydrogens (tertiary/aromatic N) is 1. The molecule has 1 aromatic rings. The van der Waals surface area contributed by atoms with Crippen LogP contribution in [0.5, 0.6) is 0 Å². The van der Waals surface area contributed by atoms with Gasteiger partial charge in [-0.1, -0.05) is 27.2 Å². The van der Waals surface area contributed by atoms with Gasteiger partial charge in [0, 0.05) is 5.56 Å². The molecule has 0 N–H and O–H groups in total. The van der Waals surface area contributed by atoms with Crippen LogP contribution in [0.25, 0.3) is 0 Å². The Balaban J connectivity index is 3.06. The van der Waals surface area contributed by atoms with Crippen LogP contribution in [0.2, 0.25) is 0 Å². The van der Waals surface area contributed by atoms with E-state index < -0.39 is 11.9 Å². The molecule has 3 heteroatoms. The van der Waals surface area contributed by atoms with E-state index in [0.29, 0.717) is 5.56 Å². The summed E-state index contributed by atoms with van der Waals surface area (Å²) in [6.45, 7) is 5.92. The van der Waals surface area contributed by atoms with Crippen LogP contribution in [0.3, 0.4) is 0 Å². The van der Waals surface area contributed by atoms with Crippen molar-refractivity contribution in [3.63, 3.8) is 0 Å². The van der Waals surface area contributed by atoms with Crippen LogP contribution in [0.15, 0.2) is 12.1 Å². The van der Waals surface area contributed by atoms with Crippen molar-refractivity contribution >= 4 is 0 Å². The lowest BCUT2D eigenvalue weighted by Gasteiger charge is -2.24. The molecule has 1 heterocycles. The zero-order valence-corrected chi connectivity index (χ0v) is 8.77. The second kappa shape index (κ2) is 4.03. The van der Waals surface area contributed by atoms with Gasteiger partial charge in [0.25, 0.3) is 0 Å². The first-order valence-electron chi connectivity index (χ1n) is 4.80. The molecule has 0 fully saturated rings. The number of aromatic nitrogens is 1. The van der Waals surface area contributed by atoms with Gasteiger partial charge in [-0.3, -0.25) is 0 Å². The molecule has 14 heavy (non-hydrogen) atoms. The maximum Gasteiger partial charge on any atom is 0.219 e. The minimum atomic E-state index is -0.765. The van der Waals surface area contributed by atoms with Gasteiger partial charge in [0.1, 0.15) is 0 Å². The van der Waals surface area contributed by atoms with Gasteiger partial charge in [-0.2, -0.15) is 13.8 Å². The minimum Gasteiger partial charge on any atom is -0.190 e. The summed E-state index contributed by atoms with van der Waals surface area (Å²) in [5.41, 5.74) is 0.209. The lowest BCUT2D eigenvalue weighted by Crippen LogP contribution is -2.19. The normalized spacial score (nSPS) is 11.8. The summed E-state index contributed by atoms with van der Waals surface area (Å²) in [6, 6.07) is 2.68. The molecule has 0 bridgehead atoms. The molecule has 0 unspecified atom stereocenters. The molecule has 1 aromatic heterocycles. The fourth-order valence-electron chi connectivity index (χ4n) is 1.68. The van der Waals surface area contributed by atoms with Crippen LogP contribution in [-0.4, -0.2) is 4.98 Å². The molecular formula is C11H15F2N. The first-order chi connectivity index (χ1) is 6.47. The van der Waals surface area contributed by atoms with E-state index in [1.165, 1.54) is 12.1 Å². The third kappa shape index (κ3) is 2.28. The van der Waals surface area contributed by atoms with Crippen molar-refractivity contribution in [1.29, 1.82) is 0 Å². The lowest BCUT2D eigenvalue weighted by atomic mass is 9.81. The largest absolute Gasteiger partial charge is 0.219 e. The first-order valence-corrected chi connectivity index (χ1v) is 4.80. The zero-order chi connectivity index (χ0) is 10.8. The summed E-state index contributed by atoms with van der Waals surface area (Å²) in [5.74, 6) is -1.46. The van der Waals surface area contributed by atoms with Crippen molar-refractivity contribution in [2.75, 3.05) is 0 Å². The predicted octanol–water partition coefficient (Wildman–Crippen LogP) is 3.44. The van der Waals surface area contributed by atoms with Crippen LogP contribution in [0, 0.1) is 11.9 Å². The van der Waals surface area contributed by atoms with Crippen molar-refractivity contribution in [2.24, 2.45) is 0 Å². The van der Waals surface area contributed by atoms with E-state index in [4.69, 9.17) is 0 Å². The summed E-state index contributed by atoms with van der Waals surface area (Å²) >= 11 is 0. The second-order valence-corrected chi connectivity index (χ2v) is 4.11. The Hall–Kier alpha value is -0.990. The standard InChI is InChI=1S/C11H15F2N/c1-4-7-11(2,3)8-5-6-9(12)14-10(8)13/h5-6H,4,7H2,1-3H3. The van der Waals surface area contributed by atoms with E-state index in [1.54, 1.807) is 0 Å². The van der Waals surface area contributed by atoms with Crippen molar-refractivity contribution in [2.45, 2.75) is 39.0 Å². The van der Waals surface area contributed by atoms with Crippen LogP contribution >= 0.6 is 0 Å². The fraction of sp³-hybridized carbons (Fsp3) is 0.545. The van der Waals surface area contributed by atoms with Gasteiger partial charge in [0.2, 0.25) is 11.9 Å². The van der Waals surface area contributed by atoms with Gasteiger partial charge in [0.15, 0.2) is 0 Å². The molecular weight excluding hydrogens is 184 g/mol. The highest BCUT2D eigenvalue weighted by Gasteiger charge is 2.24. The second-order valence-electron chi connectivity index (χ2n) is 4.11. The molecule has 0 saturated heterocycles. The van der Waals surface area contributed by atoms with Crippen LogP contribution in [-0.2, 0) is 5.41 Å². The lowest BCUT2D eigenvalue weighted by molar-refractivity contribution is 0.422. The molecule has 0 spiro atoms. The maximum atomic E-state index is 13.3. The molecule has 1 rings (SSSR count). The van der Waals surface area contributed by atoms with Gasteiger partial charge in [-0.25, -0.2) is 0 Å². The van der Waals surface area contributed by atoms with Gasteiger partial charge < -0.3 is 0 Å². The van der Waals surface area contributed by atoms with Crippen LogP contribution in [0.1, 0.15) is 39.2 Å². The Morgan fingerprint density at radius 3 is 2.43 bits per heavy atom. The third-order valence-electron chi connectivity index (χ3n) is 2.42. The van der Waals surface area contributed by atoms with Crippen LogP contribution < -0.4 is 0 Å². The zero-order valence-electron chi connectivity index (χ0n) is 8.77. The van der Waals surface area contributed by atoms with E-state index in [1.807, 2.05) is 20.8 Å². The van der Waals surface area contributed by atoms with E-state index in [0.717, 1.165) is 12.8 Å². The highest BCUT2D eigenvalue weighted by Crippen LogP contribution is 2.29. The molecule has 0 atom stereocenters. The molecule has 0 amide bonds. The topological polar surface area (TPSA) is 12.9 Å². The molecule has 0 radical (unpaired) electrons. The Kier molecular flexibility index (Phi) is 3.19. The van der Waals surface area contributed by atoms with E-state index in [9.17, 15) is 8.78 Å². The average molecular weight is 199 g/mol. The van der Waals surface area contributed by atoms with Crippen LogP contribution in [0.4, 0.5) is 8.78 Å².